The molecule has 1 aromatic rings. The fourth-order valence-corrected chi connectivity index (χ4v) is 4.94. The lowest BCUT2D eigenvalue weighted by atomic mass is 9.76. The van der Waals surface area contributed by atoms with E-state index < -0.39 is 10.0 Å². The van der Waals surface area contributed by atoms with Crippen LogP contribution in [0.1, 0.15) is 50.4 Å². The van der Waals surface area contributed by atoms with E-state index in [0.717, 1.165) is 32.1 Å². The molecule has 1 fully saturated rings. The van der Waals surface area contributed by atoms with Crippen molar-refractivity contribution in [2.24, 2.45) is 5.73 Å². The van der Waals surface area contributed by atoms with Gasteiger partial charge in [-0.1, -0.05) is 6.92 Å². The molecule has 21 heavy (non-hydrogen) atoms. The summed E-state index contributed by atoms with van der Waals surface area (Å²) in [5, 5.41) is 4.36. The van der Waals surface area contributed by atoms with Gasteiger partial charge in [-0.2, -0.15) is 5.10 Å². The van der Waals surface area contributed by atoms with Gasteiger partial charge in [0.1, 0.15) is 4.90 Å². The van der Waals surface area contributed by atoms with Crippen molar-refractivity contribution >= 4 is 10.0 Å². The van der Waals surface area contributed by atoms with Crippen molar-refractivity contribution < 1.29 is 8.42 Å². The van der Waals surface area contributed by atoms with Crippen molar-refractivity contribution in [2.45, 2.75) is 69.9 Å². The molecule has 120 valence electrons. The number of aromatic nitrogens is 2. The van der Waals surface area contributed by atoms with Gasteiger partial charge in [-0.15, -0.1) is 0 Å². The predicted octanol–water partition coefficient (Wildman–Crippen LogP) is 1.46. The minimum Gasteiger partial charge on any atom is -0.330 e. The van der Waals surface area contributed by atoms with Gasteiger partial charge in [0.25, 0.3) is 0 Å². The summed E-state index contributed by atoms with van der Waals surface area (Å²) in [6, 6.07) is 0. The Labute approximate surface area is 127 Å². The van der Waals surface area contributed by atoms with Crippen molar-refractivity contribution in [2.75, 3.05) is 6.54 Å². The second kappa shape index (κ2) is 6.06. The molecule has 0 aromatic carbocycles. The van der Waals surface area contributed by atoms with Crippen LogP contribution in [-0.4, -0.2) is 30.3 Å². The maximum absolute atomic E-state index is 12.7. The van der Waals surface area contributed by atoms with Gasteiger partial charge in [0.05, 0.1) is 11.4 Å². The topological polar surface area (TPSA) is 90.0 Å². The molecule has 0 bridgehead atoms. The fourth-order valence-electron chi connectivity index (χ4n) is 3.00. The second-order valence-electron chi connectivity index (χ2n) is 5.96. The number of sulfonamides is 1. The molecule has 0 atom stereocenters. The quantitative estimate of drug-likeness (QED) is 0.797. The third-order valence-electron chi connectivity index (χ3n) is 4.50. The molecule has 6 nitrogen and oxygen atoms in total. The molecule has 2 rings (SSSR count). The van der Waals surface area contributed by atoms with E-state index in [1.54, 1.807) is 11.6 Å². The van der Waals surface area contributed by atoms with E-state index in [1.807, 2.05) is 13.8 Å². The molecular weight excluding hydrogens is 288 g/mol. The zero-order valence-electron chi connectivity index (χ0n) is 13.1. The highest BCUT2D eigenvalue weighted by Gasteiger charge is 2.40. The average Bonchev–Trinajstić information content (AvgIpc) is 2.67. The SMILES string of the molecule is CCC1(NS(=O)(=O)c2c(C)nn(CCCN)c2C)CCC1. The van der Waals surface area contributed by atoms with Gasteiger partial charge in [0.15, 0.2) is 0 Å². The minimum atomic E-state index is -3.52. The van der Waals surface area contributed by atoms with Crippen LogP contribution in [0, 0.1) is 13.8 Å². The third-order valence-corrected chi connectivity index (χ3v) is 6.33. The summed E-state index contributed by atoms with van der Waals surface area (Å²) in [5.41, 5.74) is 6.51. The summed E-state index contributed by atoms with van der Waals surface area (Å²) in [6.45, 7) is 6.81. The van der Waals surface area contributed by atoms with E-state index in [9.17, 15) is 8.42 Å². The second-order valence-corrected chi connectivity index (χ2v) is 7.58. The fraction of sp³-hybridized carbons (Fsp3) is 0.786. The van der Waals surface area contributed by atoms with Crippen LogP contribution in [0.4, 0.5) is 0 Å². The van der Waals surface area contributed by atoms with Crippen LogP contribution < -0.4 is 10.5 Å². The van der Waals surface area contributed by atoms with Crippen LogP contribution in [-0.2, 0) is 16.6 Å². The normalized spacial score (nSPS) is 17.7. The predicted molar refractivity (Wildman–Crippen MR) is 82.6 cm³/mol. The van der Waals surface area contributed by atoms with E-state index in [4.69, 9.17) is 5.73 Å². The van der Waals surface area contributed by atoms with Crippen LogP contribution in [0.25, 0.3) is 0 Å². The molecular formula is C14H26N4O2S. The number of rotatable bonds is 7. The van der Waals surface area contributed by atoms with Crippen LogP contribution in [0.2, 0.25) is 0 Å². The Balaban J connectivity index is 2.29. The van der Waals surface area contributed by atoms with Crippen molar-refractivity contribution in [1.29, 1.82) is 0 Å². The summed E-state index contributed by atoms with van der Waals surface area (Å²) >= 11 is 0. The first-order valence-corrected chi connectivity index (χ1v) is 9.11. The summed E-state index contributed by atoms with van der Waals surface area (Å²) < 4.78 is 30.1. The zero-order chi connectivity index (χ0) is 15.7. The minimum absolute atomic E-state index is 0.253. The molecule has 0 spiro atoms. The van der Waals surface area contributed by atoms with Gasteiger partial charge in [-0.25, -0.2) is 13.1 Å². The molecule has 0 unspecified atom stereocenters. The molecule has 7 heteroatoms. The average molecular weight is 314 g/mol. The molecule has 0 saturated heterocycles. The Hall–Kier alpha value is -0.920. The smallest absolute Gasteiger partial charge is 0.244 e. The first-order valence-electron chi connectivity index (χ1n) is 7.63. The maximum Gasteiger partial charge on any atom is 0.244 e. The van der Waals surface area contributed by atoms with E-state index >= 15 is 0 Å². The maximum atomic E-state index is 12.7. The number of hydrogen-bond donors (Lipinski definition) is 2. The number of nitrogens with two attached hydrogens (primary N) is 1. The lowest BCUT2D eigenvalue weighted by molar-refractivity contribution is 0.214. The van der Waals surface area contributed by atoms with Gasteiger partial charge < -0.3 is 5.73 Å². The van der Waals surface area contributed by atoms with Crippen molar-refractivity contribution in [3.8, 4) is 0 Å². The van der Waals surface area contributed by atoms with Crippen molar-refractivity contribution in [1.82, 2.24) is 14.5 Å². The zero-order valence-corrected chi connectivity index (χ0v) is 14.0. The summed E-state index contributed by atoms with van der Waals surface area (Å²) in [7, 11) is -3.52. The number of hydrogen-bond acceptors (Lipinski definition) is 4. The molecule has 1 aromatic heterocycles. The van der Waals surface area contributed by atoms with Gasteiger partial charge in [0, 0.05) is 12.1 Å². The van der Waals surface area contributed by atoms with Crippen LogP contribution in [0.15, 0.2) is 4.90 Å². The van der Waals surface area contributed by atoms with E-state index in [0.29, 0.717) is 29.4 Å². The van der Waals surface area contributed by atoms with Crippen molar-refractivity contribution in [3.63, 3.8) is 0 Å². The Morgan fingerprint density at radius 1 is 1.38 bits per heavy atom. The molecule has 1 saturated carbocycles. The molecule has 0 aliphatic heterocycles. The Kier molecular flexibility index (Phi) is 4.75. The monoisotopic (exact) mass is 314 g/mol. The molecule has 1 aliphatic rings. The number of nitrogens with one attached hydrogen (secondary N) is 1. The molecule has 0 amide bonds. The Bertz CT molecular complexity index is 597. The molecule has 1 heterocycles. The van der Waals surface area contributed by atoms with E-state index in [-0.39, 0.29) is 5.54 Å². The molecule has 1 aliphatic carbocycles. The lowest BCUT2D eigenvalue weighted by Crippen LogP contribution is -2.52. The first-order chi connectivity index (χ1) is 9.85. The van der Waals surface area contributed by atoms with Gasteiger partial charge in [-0.05, 0) is 52.5 Å². The highest BCUT2D eigenvalue weighted by Crippen LogP contribution is 2.36. The summed E-state index contributed by atoms with van der Waals surface area (Å²) in [5.74, 6) is 0. The van der Waals surface area contributed by atoms with Gasteiger partial charge in [0.2, 0.25) is 10.0 Å². The van der Waals surface area contributed by atoms with E-state index in [1.165, 1.54) is 0 Å². The standard InChI is InChI=1S/C14H26N4O2S/c1-4-14(7-5-8-14)17-21(19,20)13-11(2)16-18(12(13)3)10-6-9-15/h17H,4-10,15H2,1-3H3. The van der Waals surface area contributed by atoms with Gasteiger partial charge in [-0.3, -0.25) is 4.68 Å². The van der Waals surface area contributed by atoms with Crippen LogP contribution >= 0.6 is 0 Å². The Morgan fingerprint density at radius 3 is 2.52 bits per heavy atom. The van der Waals surface area contributed by atoms with Crippen LogP contribution in [0.5, 0.6) is 0 Å². The van der Waals surface area contributed by atoms with E-state index in [2.05, 4.69) is 9.82 Å². The van der Waals surface area contributed by atoms with Gasteiger partial charge >= 0.3 is 0 Å². The Morgan fingerprint density at radius 2 is 2.05 bits per heavy atom. The largest absolute Gasteiger partial charge is 0.330 e. The highest BCUT2D eigenvalue weighted by atomic mass is 32.2. The summed E-state index contributed by atoms with van der Waals surface area (Å²) in [6.07, 6.45) is 4.54. The first kappa shape index (κ1) is 16.5. The highest BCUT2D eigenvalue weighted by molar-refractivity contribution is 7.89. The molecule has 0 radical (unpaired) electrons. The number of nitrogens with zero attached hydrogens (tertiary/aromatic N) is 2. The molecule has 3 N–H and O–H groups in total. The number of aryl methyl sites for hydroxylation is 2. The summed E-state index contributed by atoms with van der Waals surface area (Å²) in [4.78, 5) is 0.333. The lowest BCUT2D eigenvalue weighted by Gasteiger charge is -2.41. The van der Waals surface area contributed by atoms with Crippen molar-refractivity contribution in [3.05, 3.63) is 11.4 Å². The third kappa shape index (κ3) is 3.14. The van der Waals surface area contributed by atoms with Crippen LogP contribution in [0.3, 0.4) is 0 Å².